The number of carbonyl (C=O) groups excluding carboxylic acids is 1. The number of hydrogen-bond donors (Lipinski definition) is 0. The van der Waals surface area contributed by atoms with E-state index in [1.54, 1.807) is 11.3 Å². The highest BCUT2D eigenvalue weighted by molar-refractivity contribution is 7.12. The SMILES string of the molecule is Cc1ccsc1C(=O)N1CCC[C@@H]1CN1C[C@@H](C)O[C@H](C)C1. The van der Waals surface area contributed by atoms with Gasteiger partial charge in [-0.05, 0) is 50.6 Å². The van der Waals surface area contributed by atoms with Gasteiger partial charge in [0, 0.05) is 32.2 Å². The molecule has 5 heteroatoms. The maximum atomic E-state index is 12.8. The van der Waals surface area contributed by atoms with Crippen molar-refractivity contribution in [2.45, 2.75) is 51.9 Å². The summed E-state index contributed by atoms with van der Waals surface area (Å²) < 4.78 is 5.81. The van der Waals surface area contributed by atoms with E-state index in [-0.39, 0.29) is 18.1 Å². The number of hydrogen-bond acceptors (Lipinski definition) is 4. The first-order valence-electron chi connectivity index (χ1n) is 8.27. The van der Waals surface area contributed by atoms with Crippen molar-refractivity contribution >= 4 is 17.2 Å². The summed E-state index contributed by atoms with van der Waals surface area (Å²) in [7, 11) is 0. The second kappa shape index (κ2) is 6.69. The fourth-order valence-corrected chi connectivity index (χ4v) is 4.63. The quantitative estimate of drug-likeness (QED) is 0.858. The minimum atomic E-state index is 0.226. The lowest BCUT2D eigenvalue weighted by molar-refractivity contribution is -0.0715. The molecule has 3 rings (SSSR count). The molecule has 2 fully saturated rings. The molecule has 0 spiro atoms. The molecule has 0 aliphatic carbocycles. The van der Waals surface area contributed by atoms with Crippen LogP contribution < -0.4 is 0 Å². The Morgan fingerprint density at radius 3 is 2.73 bits per heavy atom. The van der Waals surface area contributed by atoms with Crippen LogP contribution in [0.15, 0.2) is 11.4 Å². The number of likely N-dealkylation sites (tertiary alicyclic amines) is 1. The second-order valence-corrected chi connectivity index (χ2v) is 7.62. The molecule has 1 aromatic heterocycles. The number of aryl methyl sites for hydroxylation is 1. The average molecular weight is 322 g/mol. The first-order chi connectivity index (χ1) is 10.5. The molecule has 3 heterocycles. The zero-order valence-electron chi connectivity index (χ0n) is 13.7. The highest BCUT2D eigenvalue weighted by atomic mass is 32.1. The molecule has 0 aromatic carbocycles. The van der Waals surface area contributed by atoms with Crippen LogP contribution in [0.2, 0.25) is 0 Å². The van der Waals surface area contributed by atoms with E-state index >= 15 is 0 Å². The highest BCUT2D eigenvalue weighted by Gasteiger charge is 2.33. The fraction of sp³-hybridized carbons (Fsp3) is 0.706. The Morgan fingerprint density at radius 2 is 2.09 bits per heavy atom. The lowest BCUT2D eigenvalue weighted by atomic mass is 10.1. The van der Waals surface area contributed by atoms with E-state index in [4.69, 9.17) is 4.74 Å². The van der Waals surface area contributed by atoms with E-state index in [1.165, 1.54) is 0 Å². The van der Waals surface area contributed by atoms with Gasteiger partial charge >= 0.3 is 0 Å². The van der Waals surface area contributed by atoms with Crippen molar-refractivity contribution in [2.75, 3.05) is 26.2 Å². The smallest absolute Gasteiger partial charge is 0.264 e. The molecular weight excluding hydrogens is 296 g/mol. The number of ether oxygens (including phenoxy) is 1. The Kier molecular flexibility index (Phi) is 4.85. The van der Waals surface area contributed by atoms with E-state index in [2.05, 4.69) is 23.6 Å². The van der Waals surface area contributed by atoms with Crippen molar-refractivity contribution in [3.05, 3.63) is 21.9 Å². The van der Waals surface area contributed by atoms with E-state index in [1.807, 2.05) is 18.4 Å². The Labute approximate surface area is 137 Å². The van der Waals surface area contributed by atoms with Crippen LogP contribution in [0.3, 0.4) is 0 Å². The minimum absolute atomic E-state index is 0.226. The molecule has 122 valence electrons. The van der Waals surface area contributed by atoms with Gasteiger partial charge < -0.3 is 9.64 Å². The number of amides is 1. The maximum Gasteiger partial charge on any atom is 0.264 e. The number of rotatable bonds is 3. The summed E-state index contributed by atoms with van der Waals surface area (Å²) >= 11 is 1.57. The van der Waals surface area contributed by atoms with Crippen LogP contribution in [0.4, 0.5) is 0 Å². The van der Waals surface area contributed by atoms with Gasteiger partial charge in [0.2, 0.25) is 0 Å². The molecule has 2 saturated heterocycles. The summed E-state index contributed by atoms with van der Waals surface area (Å²) in [6.45, 7) is 10.1. The molecule has 1 amide bonds. The Morgan fingerprint density at radius 1 is 1.36 bits per heavy atom. The van der Waals surface area contributed by atoms with Crippen LogP contribution in [-0.4, -0.2) is 60.1 Å². The molecular formula is C17H26N2O2S. The fourth-order valence-electron chi connectivity index (χ4n) is 3.75. The van der Waals surface area contributed by atoms with Crippen LogP contribution >= 0.6 is 11.3 Å². The molecule has 1 aromatic rings. The van der Waals surface area contributed by atoms with E-state index in [0.717, 1.165) is 49.5 Å². The van der Waals surface area contributed by atoms with Crippen molar-refractivity contribution in [1.82, 2.24) is 9.80 Å². The van der Waals surface area contributed by atoms with Crippen molar-refractivity contribution < 1.29 is 9.53 Å². The molecule has 2 aliphatic rings. The molecule has 0 N–H and O–H groups in total. The van der Waals surface area contributed by atoms with Gasteiger partial charge in [0.1, 0.15) is 0 Å². The van der Waals surface area contributed by atoms with Crippen LogP contribution in [0.5, 0.6) is 0 Å². The van der Waals surface area contributed by atoms with Gasteiger partial charge in [0.05, 0.1) is 17.1 Å². The summed E-state index contributed by atoms with van der Waals surface area (Å²) in [5, 5.41) is 2.01. The Balaban J connectivity index is 1.66. The molecule has 22 heavy (non-hydrogen) atoms. The molecule has 0 bridgehead atoms. The summed E-state index contributed by atoms with van der Waals surface area (Å²) in [5.74, 6) is 0.226. The van der Waals surface area contributed by atoms with Gasteiger partial charge in [-0.1, -0.05) is 0 Å². The molecule has 0 unspecified atom stereocenters. The van der Waals surface area contributed by atoms with E-state index in [9.17, 15) is 4.79 Å². The number of carbonyl (C=O) groups is 1. The molecule has 0 radical (unpaired) electrons. The van der Waals surface area contributed by atoms with E-state index < -0.39 is 0 Å². The molecule has 4 nitrogen and oxygen atoms in total. The molecule has 0 saturated carbocycles. The third kappa shape index (κ3) is 3.36. The van der Waals surface area contributed by atoms with Gasteiger partial charge in [0.15, 0.2) is 0 Å². The van der Waals surface area contributed by atoms with Gasteiger partial charge in [-0.3, -0.25) is 9.69 Å². The third-order valence-electron chi connectivity index (χ3n) is 4.66. The molecule has 3 atom stereocenters. The van der Waals surface area contributed by atoms with Crippen LogP contribution in [0.25, 0.3) is 0 Å². The van der Waals surface area contributed by atoms with Crippen LogP contribution in [0, 0.1) is 6.92 Å². The van der Waals surface area contributed by atoms with Crippen molar-refractivity contribution in [2.24, 2.45) is 0 Å². The first-order valence-corrected chi connectivity index (χ1v) is 9.15. The van der Waals surface area contributed by atoms with E-state index in [0.29, 0.717) is 6.04 Å². The first kappa shape index (κ1) is 16.0. The van der Waals surface area contributed by atoms with Gasteiger partial charge in [0.25, 0.3) is 5.91 Å². The van der Waals surface area contributed by atoms with Crippen molar-refractivity contribution in [3.8, 4) is 0 Å². The number of nitrogens with zero attached hydrogens (tertiary/aromatic N) is 2. The third-order valence-corrected chi connectivity index (χ3v) is 5.66. The predicted octanol–water partition coefficient (Wildman–Crippen LogP) is 2.77. The zero-order chi connectivity index (χ0) is 15.7. The lowest BCUT2D eigenvalue weighted by Gasteiger charge is -2.38. The van der Waals surface area contributed by atoms with Crippen LogP contribution in [-0.2, 0) is 4.74 Å². The van der Waals surface area contributed by atoms with Crippen molar-refractivity contribution in [3.63, 3.8) is 0 Å². The normalized spacial score (nSPS) is 30.0. The summed E-state index contributed by atoms with van der Waals surface area (Å²) in [5.41, 5.74) is 1.11. The average Bonchev–Trinajstić information content (AvgIpc) is 3.06. The Bertz CT molecular complexity index is 520. The standard InChI is InChI=1S/C17H26N2O2S/c1-12-6-8-22-16(12)17(20)19-7-4-5-15(19)11-18-9-13(2)21-14(3)10-18/h6,8,13-15H,4-5,7,9-11H2,1-3H3/t13-,14-,15-/m1/s1. The zero-order valence-corrected chi connectivity index (χ0v) is 14.6. The van der Waals surface area contributed by atoms with Crippen molar-refractivity contribution in [1.29, 1.82) is 0 Å². The van der Waals surface area contributed by atoms with Gasteiger partial charge in [-0.15, -0.1) is 11.3 Å². The second-order valence-electron chi connectivity index (χ2n) is 6.70. The summed E-state index contributed by atoms with van der Waals surface area (Å²) in [4.78, 5) is 18.3. The minimum Gasteiger partial charge on any atom is -0.373 e. The topological polar surface area (TPSA) is 32.8 Å². The van der Waals surface area contributed by atoms with Gasteiger partial charge in [-0.2, -0.15) is 0 Å². The highest BCUT2D eigenvalue weighted by Crippen LogP contribution is 2.25. The largest absolute Gasteiger partial charge is 0.373 e. The monoisotopic (exact) mass is 322 g/mol. The summed E-state index contributed by atoms with van der Waals surface area (Å²) in [6.07, 6.45) is 2.81. The maximum absolute atomic E-state index is 12.8. The predicted molar refractivity (Wildman–Crippen MR) is 89.6 cm³/mol. The number of thiophene rings is 1. The van der Waals surface area contributed by atoms with Gasteiger partial charge in [-0.25, -0.2) is 0 Å². The van der Waals surface area contributed by atoms with Crippen LogP contribution in [0.1, 0.15) is 41.9 Å². The Hall–Kier alpha value is -0.910. The lowest BCUT2D eigenvalue weighted by Crippen LogP contribution is -2.50. The molecule has 2 aliphatic heterocycles. The number of morpholine rings is 1. The summed E-state index contributed by atoms with van der Waals surface area (Å²) in [6, 6.07) is 2.39.